The zero-order valence-electron chi connectivity index (χ0n) is 16.3. The summed E-state index contributed by atoms with van der Waals surface area (Å²) in [5.74, 6) is 0. The molecule has 30 heavy (non-hydrogen) atoms. The number of aromatic nitrogens is 2. The van der Waals surface area contributed by atoms with Crippen molar-refractivity contribution in [1.29, 1.82) is 0 Å². The molecule has 2 aliphatic heterocycles. The number of nitrogens with zero attached hydrogens (tertiary/aromatic N) is 3. The summed E-state index contributed by atoms with van der Waals surface area (Å²) >= 11 is 6.53. The van der Waals surface area contributed by atoms with Gasteiger partial charge < -0.3 is 15.0 Å². The Bertz CT molecular complexity index is 1100. The van der Waals surface area contributed by atoms with Crippen molar-refractivity contribution in [3.63, 3.8) is 0 Å². The molecule has 2 aromatic rings. The molecule has 0 bridgehead atoms. The smallest absolute Gasteiger partial charge is 0.376 e. The molecule has 12 heteroatoms. The fraction of sp³-hybridized carbons (Fsp3) is 0.611. The first-order valence-electron chi connectivity index (χ1n) is 9.62. The van der Waals surface area contributed by atoms with E-state index in [1.54, 1.807) is 6.92 Å². The highest BCUT2D eigenvalue weighted by Crippen LogP contribution is 2.30. The molecule has 7 nitrogen and oxygen atoms in total. The van der Waals surface area contributed by atoms with Crippen molar-refractivity contribution in [2.24, 2.45) is 0 Å². The highest BCUT2D eigenvalue weighted by atomic mass is 32.1. The Kier molecular flexibility index (Phi) is 5.66. The molecule has 2 aromatic heterocycles. The molecule has 1 atom stereocenters. The monoisotopic (exact) mass is 462 g/mol. The number of aryl methyl sites for hydroxylation is 1. The molecule has 4 rings (SSSR count). The summed E-state index contributed by atoms with van der Waals surface area (Å²) in [5.41, 5.74) is -1.27. The number of rotatable bonds is 5. The Labute approximate surface area is 179 Å². The first kappa shape index (κ1) is 21.3. The topological polar surface area (TPSA) is 68.5 Å². The van der Waals surface area contributed by atoms with E-state index in [0.717, 1.165) is 17.7 Å². The van der Waals surface area contributed by atoms with Gasteiger partial charge in [0.15, 0.2) is 5.11 Å². The Hall–Kier alpha value is -1.92. The molecule has 0 aliphatic carbocycles. The van der Waals surface area contributed by atoms with Crippen LogP contribution in [0.25, 0.3) is 10.2 Å². The summed E-state index contributed by atoms with van der Waals surface area (Å²) in [7, 11) is 0. The average Bonchev–Trinajstić information content (AvgIpc) is 3.38. The van der Waals surface area contributed by atoms with Crippen LogP contribution in [0, 0.1) is 6.92 Å². The van der Waals surface area contributed by atoms with Gasteiger partial charge in [-0.05, 0) is 37.5 Å². The van der Waals surface area contributed by atoms with Gasteiger partial charge in [-0.1, -0.05) is 0 Å². The third-order valence-corrected chi connectivity index (χ3v) is 7.12. The van der Waals surface area contributed by atoms with E-state index in [9.17, 15) is 22.8 Å². The van der Waals surface area contributed by atoms with Crippen LogP contribution in [-0.2, 0) is 24.4 Å². The summed E-state index contributed by atoms with van der Waals surface area (Å²) in [6, 6.07) is 0. The number of halogens is 3. The van der Waals surface area contributed by atoms with Crippen LogP contribution in [0.1, 0.15) is 23.3 Å². The molecule has 4 heterocycles. The van der Waals surface area contributed by atoms with Crippen molar-refractivity contribution < 1.29 is 17.9 Å². The maximum Gasteiger partial charge on any atom is 0.406 e. The summed E-state index contributed by atoms with van der Waals surface area (Å²) in [4.78, 5) is 29.0. The van der Waals surface area contributed by atoms with E-state index in [0.29, 0.717) is 46.3 Å². The van der Waals surface area contributed by atoms with Crippen molar-refractivity contribution in [2.75, 3.05) is 19.7 Å². The Balaban J connectivity index is 1.87. The molecular formula is C18H21F3N4O3S2. The van der Waals surface area contributed by atoms with Gasteiger partial charge in [-0.3, -0.25) is 13.9 Å². The van der Waals surface area contributed by atoms with Crippen LogP contribution < -0.4 is 16.6 Å². The van der Waals surface area contributed by atoms with Gasteiger partial charge in [0.25, 0.3) is 5.56 Å². The zero-order valence-corrected chi connectivity index (χ0v) is 17.9. The maximum atomic E-state index is 13.1. The minimum absolute atomic E-state index is 0.122. The van der Waals surface area contributed by atoms with E-state index >= 15 is 0 Å². The van der Waals surface area contributed by atoms with Gasteiger partial charge in [0.1, 0.15) is 11.4 Å². The van der Waals surface area contributed by atoms with E-state index in [1.165, 1.54) is 15.9 Å². The van der Waals surface area contributed by atoms with Crippen LogP contribution in [0.4, 0.5) is 13.2 Å². The number of hydrogen-bond donors (Lipinski definition) is 1. The SMILES string of the molecule is Cc1c(CN2CCNC2=S)sc2c1c(=O)n(CC(F)(F)F)c(=O)n2CC1CCCO1. The number of hydrogen-bond acceptors (Lipinski definition) is 5. The minimum Gasteiger partial charge on any atom is -0.376 e. The molecule has 164 valence electrons. The van der Waals surface area contributed by atoms with Crippen LogP contribution in [0.2, 0.25) is 0 Å². The molecule has 1 N–H and O–H groups in total. The van der Waals surface area contributed by atoms with Crippen molar-refractivity contribution in [1.82, 2.24) is 19.4 Å². The summed E-state index contributed by atoms with van der Waals surface area (Å²) in [6.45, 7) is 2.62. The maximum absolute atomic E-state index is 13.1. The first-order chi connectivity index (χ1) is 14.2. The average molecular weight is 463 g/mol. The lowest BCUT2D eigenvalue weighted by atomic mass is 10.2. The van der Waals surface area contributed by atoms with Crippen molar-refractivity contribution in [3.8, 4) is 0 Å². The van der Waals surface area contributed by atoms with Crippen molar-refractivity contribution >= 4 is 38.9 Å². The molecule has 2 fully saturated rings. The van der Waals surface area contributed by atoms with Gasteiger partial charge in [-0.15, -0.1) is 11.3 Å². The summed E-state index contributed by atoms with van der Waals surface area (Å²) in [6.07, 6.45) is -3.39. The van der Waals surface area contributed by atoms with E-state index in [1.807, 2.05) is 4.90 Å². The molecule has 1 unspecified atom stereocenters. The second kappa shape index (κ2) is 7.97. The van der Waals surface area contributed by atoms with Crippen LogP contribution in [0.3, 0.4) is 0 Å². The second-order valence-corrected chi connectivity index (χ2v) is 8.99. The molecule has 0 saturated carbocycles. The normalized spacial score (nSPS) is 19.8. The van der Waals surface area contributed by atoms with E-state index in [-0.39, 0.29) is 18.0 Å². The Morgan fingerprint density at radius 1 is 1.30 bits per heavy atom. The Morgan fingerprint density at radius 3 is 2.67 bits per heavy atom. The lowest BCUT2D eigenvalue weighted by Crippen LogP contribution is -2.44. The van der Waals surface area contributed by atoms with Crippen LogP contribution in [0.5, 0.6) is 0 Å². The molecule has 0 spiro atoms. The standard InChI is InChI=1S/C18H21F3N4O3S2/c1-10-12(8-23-5-4-22-16(23)29)30-15-13(10)14(26)25(9-18(19,20)21)17(27)24(15)7-11-3-2-6-28-11/h11H,2-9H2,1H3,(H,22,29). The van der Waals surface area contributed by atoms with E-state index in [4.69, 9.17) is 17.0 Å². The Morgan fingerprint density at radius 2 is 2.07 bits per heavy atom. The van der Waals surface area contributed by atoms with Crippen molar-refractivity contribution in [3.05, 3.63) is 31.3 Å². The van der Waals surface area contributed by atoms with E-state index in [2.05, 4.69) is 5.32 Å². The van der Waals surface area contributed by atoms with Gasteiger partial charge in [-0.25, -0.2) is 4.79 Å². The number of ether oxygens (including phenoxy) is 1. The fourth-order valence-electron chi connectivity index (χ4n) is 3.90. The third kappa shape index (κ3) is 4.00. The largest absolute Gasteiger partial charge is 0.406 e. The number of fused-ring (bicyclic) bond motifs is 1. The number of thiophene rings is 1. The number of thiocarbonyl (C=S) groups is 1. The lowest BCUT2D eigenvalue weighted by Gasteiger charge is -2.16. The predicted molar refractivity (Wildman–Crippen MR) is 111 cm³/mol. The van der Waals surface area contributed by atoms with Gasteiger partial charge in [0, 0.05) is 24.6 Å². The minimum atomic E-state index is -4.68. The second-order valence-electron chi connectivity index (χ2n) is 7.52. The highest BCUT2D eigenvalue weighted by molar-refractivity contribution is 7.80. The number of nitrogens with one attached hydrogen (secondary N) is 1. The third-order valence-electron chi connectivity index (χ3n) is 5.42. The van der Waals surface area contributed by atoms with Gasteiger partial charge in [0.05, 0.1) is 24.6 Å². The van der Waals surface area contributed by atoms with Crippen molar-refractivity contribution in [2.45, 2.75) is 51.7 Å². The number of alkyl halides is 3. The van der Waals surface area contributed by atoms with Crippen LogP contribution >= 0.6 is 23.6 Å². The summed E-state index contributed by atoms with van der Waals surface area (Å²) < 4.78 is 46.5. The summed E-state index contributed by atoms with van der Waals surface area (Å²) in [5, 5.41) is 3.81. The highest BCUT2D eigenvalue weighted by Gasteiger charge is 2.32. The van der Waals surface area contributed by atoms with Gasteiger partial charge in [-0.2, -0.15) is 13.2 Å². The lowest BCUT2D eigenvalue weighted by molar-refractivity contribution is -0.141. The zero-order chi connectivity index (χ0) is 21.6. The molecule has 0 radical (unpaired) electrons. The molecule has 0 amide bonds. The quantitative estimate of drug-likeness (QED) is 0.686. The predicted octanol–water partition coefficient (Wildman–Crippen LogP) is 1.96. The fourth-order valence-corrected chi connectivity index (χ4v) is 5.47. The van der Waals surface area contributed by atoms with Crippen LogP contribution in [-0.4, -0.2) is 51.1 Å². The molecule has 2 aliphatic rings. The van der Waals surface area contributed by atoms with Gasteiger partial charge in [0.2, 0.25) is 0 Å². The van der Waals surface area contributed by atoms with Gasteiger partial charge >= 0.3 is 11.9 Å². The first-order valence-corrected chi connectivity index (χ1v) is 10.8. The van der Waals surface area contributed by atoms with E-state index < -0.39 is 24.0 Å². The molecular weight excluding hydrogens is 441 g/mol. The molecule has 0 aromatic carbocycles. The molecule has 2 saturated heterocycles. The van der Waals surface area contributed by atoms with Crippen LogP contribution in [0.15, 0.2) is 9.59 Å².